The molecule has 4 heteroatoms. The summed E-state index contributed by atoms with van der Waals surface area (Å²) in [7, 11) is 4.06. The van der Waals surface area contributed by atoms with Gasteiger partial charge in [0.15, 0.2) is 0 Å². The summed E-state index contributed by atoms with van der Waals surface area (Å²) in [5, 5.41) is 0. The van der Waals surface area contributed by atoms with E-state index in [9.17, 15) is 4.79 Å². The molecule has 2 fully saturated rings. The third kappa shape index (κ3) is 5.81. The highest BCUT2D eigenvalue weighted by atomic mass is 16.2. The van der Waals surface area contributed by atoms with Crippen molar-refractivity contribution in [2.45, 2.75) is 70.4 Å². The monoisotopic (exact) mass is 509 g/mol. The van der Waals surface area contributed by atoms with Gasteiger partial charge in [-0.15, -0.1) is 0 Å². The van der Waals surface area contributed by atoms with Crippen LogP contribution in [0.4, 0.5) is 11.4 Å². The molecule has 1 heterocycles. The zero-order valence-electron chi connectivity index (χ0n) is 23.6. The third-order valence-electron chi connectivity index (χ3n) is 8.62. The summed E-state index contributed by atoms with van der Waals surface area (Å²) in [6.45, 7) is 6.35. The first-order valence-electron chi connectivity index (χ1n) is 14.4. The van der Waals surface area contributed by atoms with Crippen LogP contribution >= 0.6 is 0 Å². The minimum Gasteiger partial charge on any atom is -0.378 e. The summed E-state index contributed by atoms with van der Waals surface area (Å²) in [5.41, 5.74) is 6.79. The van der Waals surface area contributed by atoms with Crippen LogP contribution in [0.25, 0.3) is 0 Å². The van der Waals surface area contributed by atoms with E-state index in [0.29, 0.717) is 12.0 Å². The van der Waals surface area contributed by atoms with E-state index < -0.39 is 0 Å². The lowest BCUT2D eigenvalue weighted by atomic mass is 9.78. The molecule has 3 aromatic carbocycles. The number of hydrogen-bond donors (Lipinski definition) is 0. The van der Waals surface area contributed by atoms with Crippen LogP contribution in [0.15, 0.2) is 72.8 Å². The summed E-state index contributed by atoms with van der Waals surface area (Å²) in [5.74, 6) is 0.729. The fraction of sp³-hybridized carbons (Fsp3) is 0.441. The minimum atomic E-state index is 0.110. The van der Waals surface area contributed by atoms with Crippen molar-refractivity contribution in [2.75, 3.05) is 37.0 Å². The first-order valence-corrected chi connectivity index (χ1v) is 14.4. The van der Waals surface area contributed by atoms with Crippen LogP contribution in [0.5, 0.6) is 0 Å². The normalized spacial score (nSPS) is 20.7. The topological polar surface area (TPSA) is 26.8 Å². The Morgan fingerprint density at radius 1 is 0.763 bits per heavy atom. The number of anilines is 2. The van der Waals surface area contributed by atoms with E-state index in [2.05, 4.69) is 77.1 Å². The molecular formula is C34H43N3O. The molecule has 5 rings (SSSR count). The van der Waals surface area contributed by atoms with Crippen LogP contribution in [0, 0.1) is 13.8 Å². The Balaban J connectivity index is 1.37. The number of aryl methyl sites for hydroxylation is 2. The molecular weight excluding hydrogens is 466 g/mol. The first kappa shape index (κ1) is 26.5. The van der Waals surface area contributed by atoms with Gasteiger partial charge in [0.1, 0.15) is 0 Å². The average Bonchev–Trinajstić information content (AvgIpc) is 2.93. The number of carbonyl (C=O) groups is 1. The predicted molar refractivity (Wildman–Crippen MR) is 160 cm³/mol. The molecule has 0 bridgehead atoms. The quantitative estimate of drug-likeness (QED) is 0.351. The first-order chi connectivity index (χ1) is 18.4. The van der Waals surface area contributed by atoms with Gasteiger partial charge in [0.2, 0.25) is 0 Å². The molecule has 0 spiro atoms. The van der Waals surface area contributed by atoms with E-state index in [-0.39, 0.29) is 11.9 Å². The van der Waals surface area contributed by atoms with Gasteiger partial charge in [-0.2, -0.15) is 0 Å². The summed E-state index contributed by atoms with van der Waals surface area (Å²) in [4.78, 5) is 21.0. The highest BCUT2D eigenvalue weighted by molar-refractivity contribution is 6.06. The molecule has 0 radical (unpaired) electrons. The average molecular weight is 510 g/mol. The molecule has 200 valence electrons. The molecule has 0 aromatic heterocycles. The number of piperidine rings is 1. The Labute approximate surface area is 229 Å². The maximum absolute atomic E-state index is 14.1. The second-order valence-electron chi connectivity index (χ2n) is 11.6. The zero-order chi connectivity index (χ0) is 26.6. The van der Waals surface area contributed by atoms with Crippen LogP contribution in [0.3, 0.4) is 0 Å². The van der Waals surface area contributed by atoms with Crippen molar-refractivity contribution >= 4 is 17.3 Å². The van der Waals surface area contributed by atoms with E-state index in [1.54, 1.807) is 0 Å². The van der Waals surface area contributed by atoms with Gasteiger partial charge < -0.3 is 9.80 Å². The van der Waals surface area contributed by atoms with Crippen LogP contribution in [0.1, 0.15) is 71.5 Å². The second-order valence-corrected chi connectivity index (χ2v) is 11.6. The fourth-order valence-corrected chi connectivity index (χ4v) is 6.74. The molecule has 2 atom stereocenters. The van der Waals surface area contributed by atoms with Crippen molar-refractivity contribution in [1.29, 1.82) is 0 Å². The van der Waals surface area contributed by atoms with Crippen molar-refractivity contribution in [1.82, 2.24) is 4.90 Å². The largest absolute Gasteiger partial charge is 0.378 e. The molecule has 0 N–H and O–H groups in total. The molecule has 2 unspecified atom stereocenters. The molecule has 1 saturated heterocycles. The number of amides is 1. The Hall–Kier alpha value is -3.11. The maximum Gasteiger partial charge on any atom is 0.258 e. The summed E-state index contributed by atoms with van der Waals surface area (Å²) >= 11 is 0. The fourth-order valence-electron chi connectivity index (χ4n) is 6.74. The minimum absolute atomic E-state index is 0.110. The van der Waals surface area contributed by atoms with Gasteiger partial charge in [-0.25, -0.2) is 0 Å². The molecule has 1 aliphatic carbocycles. The van der Waals surface area contributed by atoms with Gasteiger partial charge in [-0.05, 0) is 98.5 Å². The standard InChI is InChI=1S/C34H43N3O/c1-25-22-26(2)24-31(23-25)37(34(38)28-14-16-29(17-15-28)35(3)4)30-18-20-36(21-19-30)33-13-9-8-12-32(33)27-10-6-5-7-11-27/h5-7,10-11,14-17,22-24,30,32-33H,8-9,12-13,18-21H2,1-4H3. The van der Waals surface area contributed by atoms with E-state index in [4.69, 9.17) is 0 Å². The molecule has 1 saturated carbocycles. The number of carbonyl (C=O) groups excluding carboxylic acids is 1. The number of nitrogens with zero attached hydrogens (tertiary/aromatic N) is 3. The van der Waals surface area contributed by atoms with Crippen molar-refractivity contribution in [3.05, 3.63) is 95.1 Å². The van der Waals surface area contributed by atoms with E-state index in [1.165, 1.54) is 42.4 Å². The maximum atomic E-state index is 14.1. The van der Waals surface area contributed by atoms with Gasteiger partial charge in [0.05, 0.1) is 0 Å². The van der Waals surface area contributed by atoms with Crippen molar-refractivity contribution in [3.63, 3.8) is 0 Å². The number of benzene rings is 3. The van der Waals surface area contributed by atoms with Crippen LogP contribution in [-0.2, 0) is 0 Å². The van der Waals surface area contributed by atoms with Gasteiger partial charge in [0, 0.05) is 56.2 Å². The van der Waals surface area contributed by atoms with Crippen molar-refractivity contribution < 1.29 is 4.79 Å². The smallest absolute Gasteiger partial charge is 0.258 e. The Morgan fingerprint density at radius 3 is 2.03 bits per heavy atom. The van der Waals surface area contributed by atoms with Gasteiger partial charge in [-0.1, -0.05) is 49.2 Å². The van der Waals surface area contributed by atoms with Crippen molar-refractivity contribution in [2.24, 2.45) is 0 Å². The van der Waals surface area contributed by atoms with E-state index in [1.807, 2.05) is 38.4 Å². The lowest BCUT2D eigenvalue weighted by Crippen LogP contribution is -2.51. The molecule has 3 aromatic rings. The van der Waals surface area contributed by atoms with Crippen molar-refractivity contribution in [3.8, 4) is 0 Å². The SMILES string of the molecule is Cc1cc(C)cc(N(C(=O)c2ccc(N(C)C)cc2)C2CCN(C3CCCCC3c3ccccc3)CC2)c1. The Bertz CT molecular complexity index is 1190. The molecule has 4 nitrogen and oxygen atoms in total. The molecule has 38 heavy (non-hydrogen) atoms. The molecule has 2 aliphatic rings. The Kier molecular flexibility index (Phi) is 8.18. The number of rotatable bonds is 6. The molecule has 1 aliphatic heterocycles. The van der Waals surface area contributed by atoms with E-state index >= 15 is 0 Å². The number of likely N-dealkylation sites (tertiary alicyclic amines) is 1. The van der Waals surface area contributed by atoms with Gasteiger partial charge in [-0.3, -0.25) is 9.69 Å². The highest BCUT2D eigenvalue weighted by Crippen LogP contribution is 2.38. The van der Waals surface area contributed by atoms with E-state index in [0.717, 1.165) is 42.9 Å². The summed E-state index contributed by atoms with van der Waals surface area (Å²) in [6.07, 6.45) is 7.23. The lowest BCUT2D eigenvalue weighted by Gasteiger charge is -2.45. The molecule has 1 amide bonds. The zero-order valence-corrected chi connectivity index (χ0v) is 23.6. The Morgan fingerprint density at radius 2 is 1.39 bits per heavy atom. The predicted octanol–water partition coefficient (Wildman–Crippen LogP) is 7.21. The third-order valence-corrected chi connectivity index (χ3v) is 8.62. The number of hydrogen-bond acceptors (Lipinski definition) is 3. The van der Waals surface area contributed by atoms with Gasteiger partial charge in [0.25, 0.3) is 5.91 Å². The lowest BCUT2D eigenvalue weighted by molar-refractivity contribution is 0.0895. The van der Waals surface area contributed by atoms with Gasteiger partial charge >= 0.3 is 0 Å². The summed E-state index contributed by atoms with van der Waals surface area (Å²) in [6, 6.07) is 26.5. The van der Waals surface area contributed by atoms with Crippen LogP contribution < -0.4 is 9.80 Å². The second kappa shape index (κ2) is 11.7. The van der Waals surface area contributed by atoms with Crippen LogP contribution in [-0.4, -0.2) is 50.1 Å². The highest BCUT2D eigenvalue weighted by Gasteiger charge is 2.36. The van der Waals surface area contributed by atoms with Crippen LogP contribution in [0.2, 0.25) is 0 Å². The summed E-state index contributed by atoms with van der Waals surface area (Å²) < 4.78 is 0.